The molecule has 88 valence electrons. The molecule has 16 heavy (non-hydrogen) atoms. The molecular weight excluding hydrogens is 214 g/mol. The molecule has 0 saturated heterocycles. The Bertz CT molecular complexity index is 439. The summed E-state index contributed by atoms with van der Waals surface area (Å²) < 4.78 is 4.30. The summed E-state index contributed by atoms with van der Waals surface area (Å²) in [6, 6.07) is 2.56. The Morgan fingerprint density at radius 2 is 2.06 bits per heavy atom. The Hall–Kier alpha value is -1.66. The highest BCUT2D eigenvalue weighted by atomic mass is 16.5. The van der Waals surface area contributed by atoms with Crippen LogP contribution in [0, 0.1) is 6.92 Å². The molecule has 1 rings (SSSR count). The van der Waals surface area contributed by atoms with E-state index in [0.29, 0.717) is 5.69 Å². The maximum absolute atomic E-state index is 11.0. The third kappa shape index (κ3) is 2.47. The number of methoxy groups -OCH3 is 1. The van der Waals surface area contributed by atoms with Crippen molar-refractivity contribution < 1.29 is 19.7 Å². The van der Waals surface area contributed by atoms with E-state index in [1.54, 1.807) is 6.92 Å². The number of H-pyrrole nitrogens is 1. The molecular formula is C10H13NO5. The summed E-state index contributed by atoms with van der Waals surface area (Å²) in [5.41, 5.74) is 0.349. The van der Waals surface area contributed by atoms with Gasteiger partial charge in [-0.15, -0.1) is 0 Å². The second-order valence-corrected chi connectivity index (χ2v) is 3.32. The second-order valence-electron chi connectivity index (χ2n) is 3.32. The van der Waals surface area contributed by atoms with E-state index < -0.39 is 18.2 Å². The van der Waals surface area contributed by atoms with Crippen LogP contribution in [0.25, 0.3) is 0 Å². The van der Waals surface area contributed by atoms with Crippen LogP contribution in [-0.2, 0) is 9.53 Å². The highest BCUT2D eigenvalue weighted by Gasteiger charge is 2.27. The number of nitrogens with one attached hydrogen (secondary N) is 1. The van der Waals surface area contributed by atoms with Gasteiger partial charge in [0.2, 0.25) is 5.56 Å². The third-order valence-electron chi connectivity index (χ3n) is 2.22. The molecule has 6 nitrogen and oxygen atoms in total. The van der Waals surface area contributed by atoms with Crippen LogP contribution in [-0.4, -0.2) is 34.4 Å². The number of aliphatic hydroxyl groups excluding tert-OH is 2. The van der Waals surface area contributed by atoms with Gasteiger partial charge in [-0.25, -0.2) is 4.79 Å². The topological polar surface area (TPSA) is 99.6 Å². The van der Waals surface area contributed by atoms with Crippen molar-refractivity contribution in [1.29, 1.82) is 0 Å². The molecule has 0 bridgehead atoms. The summed E-state index contributed by atoms with van der Waals surface area (Å²) in [4.78, 5) is 24.4. The molecule has 3 N–H and O–H groups in total. The Morgan fingerprint density at radius 1 is 1.44 bits per heavy atom. The molecule has 2 atom stereocenters. The number of hydrogen-bond acceptors (Lipinski definition) is 5. The minimum Gasteiger partial charge on any atom is -0.467 e. The van der Waals surface area contributed by atoms with Crippen molar-refractivity contribution in [2.45, 2.75) is 19.1 Å². The normalized spacial score (nSPS) is 14.2. The number of rotatable bonds is 3. The number of ether oxygens (including phenoxy) is 1. The van der Waals surface area contributed by atoms with E-state index in [2.05, 4.69) is 9.72 Å². The number of aromatic amines is 1. The number of aryl methyl sites for hydroxylation is 1. The minimum absolute atomic E-state index is 0.275. The summed E-state index contributed by atoms with van der Waals surface area (Å²) in [5, 5.41) is 19.1. The minimum atomic E-state index is -1.67. The van der Waals surface area contributed by atoms with Crippen LogP contribution in [0.3, 0.4) is 0 Å². The van der Waals surface area contributed by atoms with Gasteiger partial charge in [0.25, 0.3) is 0 Å². The van der Waals surface area contributed by atoms with Crippen LogP contribution < -0.4 is 5.56 Å². The molecule has 0 amide bonds. The summed E-state index contributed by atoms with van der Waals surface area (Å²) in [5.74, 6) is -0.932. The quantitative estimate of drug-likeness (QED) is 0.590. The SMILES string of the molecule is COC(=O)C(O)C(O)c1ccc(=O)[nH]c1C. The third-order valence-corrected chi connectivity index (χ3v) is 2.22. The van der Waals surface area contributed by atoms with Gasteiger partial charge in [-0.05, 0) is 13.0 Å². The first-order valence-electron chi connectivity index (χ1n) is 4.61. The van der Waals surface area contributed by atoms with E-state index in [1.807, 2.05) is 0 Å². The average molecular weight is 227 g/mol. The second kappa shape index (κ2) is 4.91. The van der Waals surface area contributed by atoms with Gasteiger partial charge in [-0.3, -0.25) is 4.79 Å². The monoisotopic (exact) mass is 227 g/mol. The van der Waals surface area contributed by atoms with Crippen LogP contribution >= 0.6 is 0 Å². The van der Waals surface area contributed by atoms with Crippen molar-refractivity contribution in [2.24, 2.45) is 0 Å². The lowest BCUT2D eigenvalue weighted by Crippen LogP contribution is -2.30. The number of hydrogen-bond donors (Lipinski definition) is 3. The molecule has 0 aromatic carbocycles. The van der Waals surface area contributed by atoms with E-state index >= 15 is 0 Å². The fourth-order valence-corrected chi connectivity index (χ4v) is 1.33. The van der Waals surface area contributed by atoms with E-state index in [9.17, 15) is 19.8 Å². The smallest absolute Gasteiger partial charge is 0.337 e. The van der Waals surface area contributed by atoms with Gasteiger partial charge in [0, 0.05) is 17.3 Å². The van der Waals surface area contributed by atoms with Crippen molar-refractivity contribution in [1.82, 2.24) is 4.98 Å². The Labute approximate surface area is 91.5 Å². The van der Waals surface area contributed by atoms with Gasteiger partial charge in [-0.2, -0.15) is 0 Å². The molecule has 1 aromatic heterocycles. The first-order chi connectivity index (χ1) is 7.47. The first-order valence-corrected chi connectivity index (χ1v) is 4.61. The van der Waals surface area contributed by atoms with Crippen LogP contribution in [0.4, 0.5) is 0 Å². The van der Waals surface area contributed by atoms with E-state index in [0.717, 1.165) is 7.11 Å². The maximum Gasteiger partial charge on any atom is 0.337 e. The van der Waals surface area contributed by atoms with Gasteiger partial charge < -0.3 is 19.9 Å². The number of esters is 1. The predicted molar refractivity (Wildman–Crippen MR) is 54.8 cm³/mol. The Kier molecular flexibility index (Phi) is 3.81. The largest absolute Gasteiger partial charge is 0.467 e. The van der Waals surface area contributed by atoms with E-state index in [1.165, 1.54) is 12.1 Å². The molecule has 0 radical (unpaired) electrons. The highest BCUT2D eigenvalue weighted by Crippen LogP contribution is 2.18. The zero-order valence-corrected chi connectivity index (χ0v) is 8.93. The molecule has 0 aliphatic heterocycles. The van der Waals surface area contributed by atoms with E-state index in [4.69, 9.17) is 0 Å². The van der Waals surface area contributed by atoms with Crippen molar-refractivity contribution in [3.05, 3.63) is 33.7 Å². The number of aromatic nitrogens is 1. The fraction of sp³-hybridized carbons (Fsp3) is 0.400. The standard InChI is InChI=1S/C10H13NO5/c1-5-6(3-4-7(12)11-5)8(13)9(14)10(15)16-2/h3-4,8-9,13-14H,1-2H3,(H,11,12). The molecule has 0 aliphatic carbocycles. The predicted octanol–water partition coefficient (Wildman–Crippen LogP) is -0.749. The van der Waals surface area contributed by atoms with E-state index in [-0.39, 0.29) is 11.1 Å². The Balaban J connectivity index is 3.00. The molecule has 0 saturated carbocycles. The number of carbonyl (C=O) groups is 1. The Morgan fingerprint density at radius 3 is 2.56 bits per heavy atom. The lowest BCUT2D eigenvalue weighted by atomic mass is 10.0. The highest BCUT2D eigenvalue weighted by molar-refractivity contribution is 5.75. The fourth-order valence-electron chi connectivity index (χ4n) is 1.33. The molecule has 1 heterocycles. The summed E-state index contributed by atoms with van der Waals surface area (Å²) in [6.07, 6.45) is -3.10. The van der Waals surface area contributed by atoms with Gasteiger partial charge in [0.1, 0.15) is 6.10 Å². The number of aliphatic hydroxyl groups is 2. The van der Waals surface area contributed by atoms with Crippen molar-refractivity contribution in [2.75, 3.05) is 7.11 Å². The number of pyridine rings is 1. The van der Waals surface area contributed by atoms with Crippen LogP contribution in [0.2, 0.25) is 0 Å². The zero-order valence-electron chi connectivity index (χ0n) is 8.93. The van der Waals surface area contributed by atoms with Crippen LogP contribution in [0.15, 0.2) is 16.9 Å². The molecule has 6 heteroatoms. The lowest BCUT2D eigenvalue weighted by molar-refractivity contribution is -0.156. The van der Waals surface area contributed by atoms with Gasteiger partial charge in [-0.1, -0.05) is 0 Å². The van der Waals surface area contributed by atoms with Crippen molar-refractivity contribution in [3.63, 3.8) is 0 Å². The van der Waals surface area contributed by atoms with Crippen molar-refractivity contribution in [3.8, 4) is 0 Å². The molecule has 2 unspecified atom stereocenters. The van der Waals surface area contributed by atoms with Gasteiger partial charge in [0.15, 0.2) is 6.10 Å². The first kappa shape index (κ1) is 12.4. The molecule has 0 fully saturated rings. The van der Waals surface area contributed by atoms with Crippen LogP contribution in [0.5, 0.6) is 0 Å². The van der Waals surface area contributed by atoms with Crippen molar-refractivity contribution >= 4 is 5.97 Å². The lowest BCUT2D eigenvalue weighted by Gasteiger charge is -2.17. The van der Waals surface area contributed by atoms with Crippen LogP contribution in [0.1, 0.15) is 17.4 Å². The molecule has 0 aliphatic rings. The zero-order chi connectivity index (χ0) is 12.3. The average Bonchev–Trinajstić information content (AvgIpc) is 2.26. The summed E-state index contributed by atoms with van der Waals surface area (Å²) in [7, 11) is 1.11. The number of carbonyl (C=O) groups excluding carboxylic acids is 1. The van der Waals surface area contributed by atoms with Gasteiger partial charge in [0.05, 0.1) is 7.11 Å². The molecule has 0 spiro atoms. The molecule has 1 aromatic rings. The summed E-state index contributed by atoms with van der Waals surface area (Å²) >= 11 is 0. The van der Waals surface area contributed by atoms with Gasteiger partial charge >= 0.3 is 5.97 Å². The maximum atomic E-state index is 11.0. The summed E-state index contributed by atoms with van der Waals surface area (Å²) in [6.45, 7) is 1.56.